The summed E-state index contributed by atoms with van der Waals surface area (Å²) in [6.45, 7) is 3.50. The Hall–Kier alpha value is -3.42. The molecule has 0 aromatic carbocycles. The van der Waals surface area contributed by atoms with Gasteiger partial charge in [0, 0.05) is 12.4 Å². The SMILES string of the molecule is CC(=N\N=C(/N)c1ccccn1)/C(C)=N/N=C(\N)c1ccccn1. The second kappa shape index (κ2) is 8.28. The summed E-state index contributed by atoms with van der Waals surface area (Å²) in [6.07, 6.45) is 3.27. The number of nitrogens with two attached hydrogens (primary N) is 2. The van der Waals surface area contributed by atoms with Crippen LogP contribution in [0.25, 0.3) is 0 Å². The Labute approximate surface area is 139 Å². The van der Waals surface area contributed by atoms with Crippen LogP contribution < -0.4 is 11.5 Å². The van der Waals surface area contributed by atoms with Crippen LogP contribution in [0.4, 0.5) is 0 Å². The summed E-state index contributed by atoms with van der Waals surface area (Å²) in [7, 11) is 0. The van der Waals surface area contributed by atoms with Gasteiger partial charge in [-0.05, 0) is 38.1 Å². The predicted molar refractivity (Wildman–Crippen MR) is 96.1 cm³/mol. The maximum atomic E-state index is 5.83. The quantitative estimate of drug-likeness (QED) is 0.489. The van der Waals surface area contributed by atoms with Crippen molar-refractivity contribution in [1.82, 2.24) is 9.97 Å². The molecule has 0 saturated heterocycles. The lowest BCUT2D eigenvalue weighted by atomic mass is 10.3. The number of amidine groups is 2. The molecule has 0 aliphatic carbocycles. The molecule has 0 amide bonds. The van der Waals surface area contributed by atoms with Gasteiger partial charge in [-0.3, -0.25) is 9.97 Å². The predicted octanol–water partition coefficient (Wildman–Crippen LogP) is 1.34. The first-order valence-electron chi connectivity index (χ1n) is 7.16. The average molecular weight is 322 g/mol. The lowest BCUT2D eigenvalue weighted by molar-refractivity contribution is 1.17. The van der Waals surface area contributed by atoms with Crippen LogP contribution in [0.2, 0.25) is 0 Å². The normalized spacial score (nSPS) is 13.9. The Morgan fingerprint density at radius 1 is 0.708 bits per heavy atom. The summed E-state index contributed by atoms with van der Waals surface area (Å²) in [5.41, 5.74) is 13.9. The van der Waals surface area contributed by atoms with E-state index in [1.807, 2.05) is 12.1 Å². The molecule has 0 atom stereocenters. The number of aromatic nitrogens is 2. The van der Waals surface area contributed by atoms with Crippen molar-refractivity contribution in [3.8, 4) is 0 Å². The van der Waals surface area contributed by atoms with Crippen molar-refractivity contribution in [2.45, 2.75) is 13.8 Å². The molecule has 0 saturated carbocycles. The Bertz CT molecular complexity index is 722. The molecule has 24 heavy (non-hydrogen) atoms. The number of hydrogen-bond acceptors (Lipinski definition) is 6. The summed E-state index contributed by atoms with van der Waals surface area (Å²) in [6, 6.07) is 10.7. The van der Waals surface area contributed by atoms with Crippen LogP contribution in [0.1, 0.15) is 25.2 Å². The summed E-state index contributed by atoms with van der Waals surface area (Å²) >= 11 is 0. The highest BCUT2D eigenvalue weighted by atomic mass is 15.3. The second-order valence-electron chi connectivity index (χ2n) is 4.77. The third kappa shape index (κ3) is 4.80. The van der Waals surface area contributed by atoms with Gasteiger partial charge in [0.25, 0.3) is 0 Å². The molecule has 0 aliphatic heterocycles. The third-order valence-electron chi connectivity index (χ3n) is 2.99. The maximum Gasteiger partial charge on any atom is 0.171 e. The first kappa shape index (κ1) is 16.9. The maximum absolute atomic E-state index is 5.83. The lowest BCUT2D eigenvalue weighted by Crippen LogP contribution is -2.16. The van der Waals surface area contributed by atoms with Gasteiger partial charge >= 0.3 is 0 Å². The lowest BCUT2D eigenvalue weighted by Gasteiger charge is -1.99. The molecular weight excluding hydrogens is 304 g/mol. The number of pyridine rings is 2. The Balaban J connectivity index is 2.12. The van der Waals surface area contributed by atoms with E-state index >= 15 is 0 Å². The molecule has 2 heterocycles. The van der Waals surface area contributed by atoms with Crippen LogP contribution in [0, 0.1) is 0 Å². The molecule has 2 aromatic heterocycles. The highest BCUT2D eigenvalue weighted by Gasteiger charge is 2.01. The first-order valence-corrected chi connectivity index (χ1v) is 7.16. The smallest absolute Gasteiger partial charge is 0.171 e. The fourth-order valence-electron chi connectivity index (χ4n) is 1.53. The zero-order valence-electron chi connectivity index (χ0n) is 13.5. The topological polar surface area (TPSA) is 127 Å². The molecule has 8 nitrogen and oxygen atoms in total. The van der Waals surface area contributed by atoms with Gasteiger partial charge in [-0.1, -0.05) is 12.1 Å². The second-order valence-corrected chi connectivity index (χ2v) is 4.77. The van der Waals surface area contributed by atoms with Crippen molar-refractivity contribution in [3.63, 3.8) is 0 Å². The van der Waals surface area contributed by atoms with Gasteiger partial charge < -0.3 is 11.5 Å². The molecule has 8 heteroatoms. The summed E-state index contributed by atoms with van der Waals surface area (Å²) in [5.74, 6) is 0.443. The minimum atomic E-state index is 0.222. The van der Waals surface area contributed by atoms with Crippen LogP contribution in [-0.4, -0.2) is 33.1 Å². The van der Waals surface area contributed by atoms with E-state index in [1.165, 1.54) is 0 Å². The molecule has 122 valence electrons. The van der Waals surface area contributed by atoms with E-state index in [9.17, 15) is 0 Å². The molecule has 0 unspecified atom stereocenters. The molecule has 0 spiro atoms. The van der Waals surface area contributed by atoms with Gasteiger partial charge in [-0.2, -0.15) is 10.2 Å². The van der Waals surface area contributed by atoms with Crippen LogP contribution in [0.5, 0.6) is 0 Å². The Morgan fingerprint density at radius 3 is 1.46 bits per heavy atom. The van der Waals surface area contributed by atoms with Crippen molar-refractivity contribution in [2.75, 3.05) is 0 Å². The molecule has 0 fully saturated rings. The average Bonchev–Trinajstić information content (AvgIpc) is 2.64. The summed E-state index contributed by atoms with van der Waals surface area (Å²) < 4.78 is 0. The van der Waals surface area contributed by atoms with Gasteiger partial charge in [0.1, 0.15) is 11.4 Å². The van der Waals surface area contributed by atoms with Crippen LogP contribution in [0.15, 0.2) is 69.2 Å². The summed E-state index contributed by atoms with van der Waals surface area (Å²) in [4.78, 5) is 8.19. The standard InChI is InChI=1S/C16H18N8/c1-11(21-23-15(17)13-7-3-5-9-19-13)12(2)22-24-16(18)14-8-4-6-10-20-14/h3-10H,1-2H3,(H2,17,23)(H2,18,24)/b21-11+,22-12+. The highest BCUT2D eigenvalue weighted by Crippen LogP contribution is 1.96. The van der Waals surface area contributed by atoms with Gasteiger partial charge in [-0.25, -0.2) is 0 Å². The monoisotopic (exact) mass is 322 g/mol. The van der Waals surface area contributed by atoms with E-state index in [0.717, 1.165) is 0 Å². The highest BCUT2D eigenvalue weighted by molar-refractivity contribution is 6.40. The van der Waals surface area contributed by atoms with Gasteiger partial charge in [0.15, 0.2) is 11.7 Å². The molecule has 2 rings (SSSR count). The van der Waals surface area contributed by atoms with Crippen LogP contribution in [0.3, 0.4) is 0 Å². The fraction of sp³-hybridized carbons (Fsp3) is 0.125. The largest absolute Gasteiger partial charge is 0.380 e. The van der Waals surface area contributed by atoms with Crippen LogP contribution >= 0.6 is 0 Å². The van der Waals surface area contributed by atoms with Crippen molar-refractivity contribution < 1.29 is 0 Å². The van der Waals surface area contributed by atoms with E-state index in [0.29, 0.717) is 22.8 Å². The van der Waals surface area contributed by atoms with Crippen molar-refractivity contribution in [3.05, 3.63) is 60.2 Å². The minimum Gasteiger partial charge on any atom is -0.380 e. The fourth-order valence-corrected chi connectivity index (χ4v) is 1.53. The third-order valence-corrected chi connectivity index (χ3v) is 2.99. The first-order chi connectivity index (χ1) is 11.6. The van der Waals surface area contributed by atoms with Crippen LogP contribution in [-0.2, 0) is 0 Å². The molecule has 2 aromatic rings. The number of hydrogen-bond donors (Lipinski definition) is 2. The van der Waals surface area contributed by atoms with Crippen molar-refractivity contribution >= 4 is 23.1 Å². The molecule has 0 aliphatic rings. The van der Waals surface area contributed by atoms with Crippen molar-refractivity contribution in [1.29, 1.82) is 0 Å². The van der Waals surface area contributed by atoms with Gasteiger partial charge in [0.2, 0.25) is 0 Å². The molecule has 0 radical (unpaired) electrons. The minimum absolute atomic E-state index is 0.222. The molecular formula is C16H18N8. The Kier molecular flexibility index (Phi) is 5.84. The van der Waals surface area contributed by atoms with E-state index in [1.54, 1.807) is 50.5 Å². The molecule has 4 N–H and O–H groups in total. The van der Waals surface area contributed by atoms with Gasteiger partial charge in [0.05, 0.1) is 11.4 Å². The van der Waals surface area contributed by atoms with E-state index in [4.69, 9.17) is 11.5 Å². The number of nitrogens with zero attached hydrogens (tertiary/aromatic N) is 6. The Morgan fingerprint density at radius 2 is 1.12 bits per heavy atom. The van der Waals surface area contributed by atoms with Crippen molar-refractivity contribution in [2.24, 2.45) is 31.9 Å². The van der Waals surface area contributed by atoms with E-state index in [2.05, 4.69) is 30.4 Å². The molecule has 0 bridgehead atoms. The van der Waals surface area contributed by atoms with E-state index in [-0.39, 0.29) is 11.7 Å². The number of rotatable bonds is 5. The van der Waals surface area contributed by atoms with E-state index < -0.39 is 0 Å². The zero-order valence-corrected chi connectivity index (χ0v) is 13.5. The summed E-state index contributed by atoms with van der Waals surface area (Å²) in [5, 5.41) is 16.0. The zero-order chi connectivity index (χ0) is 17.4. The van der Waals surface area contributed by atoms with Gasteiger partial charge in [-0.15, -0.1) is 10.2 Å².